The summed E-state index contributed by atoms with van der Waals surface area (Å²) < 4.78 is 12.9. The Hall–Kier alpha value is -2.98. The van der Waals surface area contributed by atoms with Crippen molar-refractivity contribution >= 4 is 22.8 Å². The highest BCUT2D eigenvalue weighted by Crippen LogP contribution is 2.20. The van der Waals surface area contributed by atoms with Gasteiger partial charge in [0, 0.05) is 6.08 Å². The molecule has 0 fully saturated rings. The fourth-order valence-electron chi connectivity index (χ4n) is 2.62. The topological polar surface area (TPSA) is 49.3 Å². The van der Waals surface area contributed by atoms with Gasteiger partial charge in [-0.25, -0.2) is 4.39 Å². The zero-order valence-electron chi connectivity index (χ0n) is 13.5. The van der Waals surface area contributed by atoms with E-state index in [1.54, 1.807) is 18.2 Å². The number of fused-ring (bicyclic) bond motifs is 1. The summed E-state index contributed by atoms with van der Waals surface area (Å²) in [6.07, 6.45) is 2.97. The van der Waals surface area contributed by atoms with Crippen LogP contribution in [0.3, 0.4) is 0 Å². The Morgan fingerprint density at radius 2 is 1.76 bits per heavy atom. The lowest BCUT2D eigenvalue weighted by molar-refractivity contribution is -0.117. The van der Waals surface area contributed by atoms with E-state index in [0.29, 0.717) is 0 Å². The smallest absolute Gasteiger partial charge is 0.244 e. The second kappa shape index (κ2) is 7.73. The van der Waals surface area contributed by atoms with Crippen LogP contribution in [-0.4, -0.2) is 17.6 Å². The average Bonchev–Trinajstić information content (AvgIpc) is 2.65. The molecule has 0 saturated heterocycles. The number of aliphatic hydroxyl groups excluding tert-OH is 1. The van der Waals surface area contributed by atoms with E-state index in [-0.39, 0.29) is 18.3 Å². The molecule has 0 heterocycles. The molecule has 0 saturated carbocycles. The molecule has 3 aromatic carbocycles. The molecular weight excluding hydrogens is 317 g/mol. The van der Waals surface area contributed by atoms with Crippen LogP contribution in [0.1, 0.15) is 17.2 Å². The number of aliphatic hydroxyl groups is 1. The van der Waals surface area contributed by atoms with Gasteiger partial charge >= 0.3 is 0 Å². The summed E-state index contributed by atoms with van der Waals surface area (Å²) >= 11 is 0. The molecule has 1 amide bonds. The highest BCUT2D eigenvalue weighted by atomic mass is 19.1. The second-order valence-electron chi connectivity index (χ2n) is 5.74. The molecule has 2 N–H and O–H groups in total. The molecule has 0 unspecified atom stereocenters. The van der Waals surface area contributed by atoms with Crippen molar-refractivity contribution in [1.29, 1.82) is 0 Å². The van der Waals surface area contributed by atoms with Gasteiger partial charge in [0.05, 0.1) is 12.6 Å². The Balaban J connectivity index is 1.71. The maximum absolute atomic E-state index is 12.9. The number of carbonyl (C=O) groups excluding carboxylic acids is 1. The minimum Gasteiger partial charge on any atom is -0.394 e. The predicted molar refractivity (Wildman–Crippen MR) is 97.4 cm³/mol. The van der Waals surface area contributed by atoms with Crippen LogP contribution in [0.5, 0.6) is 0 Å². The highest BCUT2D eigenvalue weighted by molar-refractivity contribution is 5.92. The van der Waals surface area contributed by atoms with Crippen LogP contribution in [0, 0.1) is 5.82 Å². The molecule has 25 heavy (non-hydrogen) atoms. The number of hydrogen-bond acceptors (Lipinski definition) is 2. The Morgan fingerprint density at radius 3 is 2.48 bits per heavy atom. The summed E-state index contributed by atoms with van der Waals surface area (Å²) in [5.41, 5.74) is 1.56. The quantitative estimate of drug-likeness (QED) is 0.696. The van der Waals surface area contributed by atoms with E-state index in [2.05, 4.69) is 5.32 Å². The fourth-order valence-corrected chi connectivity index (χ4v) is 2.62. The Kier molecular flexibility index (Phi) is 5.21. The van der Waals surface area contributed by atoms with E-state index in [0.717, 1.165) is 21.9 Å². The Labute approximate surface area is 145 Å². The Morgan fingerprint density at radius 1 is 1.04 bits per heavy atom. The summed E-state index contributed by atoms with van der Waals surface area (Å²) in [5.74, 6) is -0.644. The number of amides is 1. The molecule has 0 radical (unpaired) electrons. The maximum Gasteiger partial charge on any atom is 0.244 e. The molecule has 4 heteroatoms. The summed E-state index contributed by atoms with van der Waals surface area (Å²) in [6, 6.07) is 19.1. The van der Waals surface area contributed by atoms with Gasteiger partial charge in [-0.3, -0.25) is 4.79 Å². The van der Waals surface area contributed by atoms with Crippen LogP contribution in [-0.2, 0) is 4.79 Å². The number of halogens is 1. The van der Waals surface area contributed by atoms with E-state index < -0.39 is 6.04 Å². The summed E-state index contributed by atoms with van der Waals surface area (Å²) in [4.78, 5) is 12.1. The monoisotopic (exact) mass is 335 g/mol. The zero-order chi connectivity index (χ0) is 17.6. The van der Waals surface area contributed by atoms with Gasteiger partial charge in [-0.05, 0) is 46.2 Å². The van der Waals surface area contributed by atoms with Gasteiger partial charge in [0.2, 0.25) is 5.91 Å². The lowest BCUT2D eigenvalue weighted by Gasteiger charge is -2.16. The predicted octanol–water partition coefficient (Wildman–Crippen LogP) is 3.84. The van der Waals surface area contributed by atoms with E-state index >= 15 is 0 Å². The fraction of sp³-hybridized carbons (Fsp3) is 0.0952. The van der Waals surface area contributed by atoms with Gasteiger partial charge < -0.3 is 10.4 Å². The average molecular weight is 335 g/mol. The number of benzene rings is 3. The van der Waals surface area contributed by atoms with Crippen molar-refractivity contribution in [1.82, 2.24) is 5.32 Å². The molecule has 0 spiro atoms. The molecule has 0 aromatic heterocycles. The van der Waals surface area contributed by atoms with Crippen molar-refractivity contribution < 1.29 is 14.3 Å². The van der Waals surface area contributed by atoms with Crippen LogP contribution in [0.15, 0.2) is 72.8 Å². The molecule has 0 bridgehead atoms. The van der Waals surface area contributed by atoms with Gasteiger partial charge in [0.15, 0.2) is 0 Å². The molecule has 0 aliphatic carbocycles. The third-order valence-corrected chi connectivity index (χ3v) is 3.97. The third kappa shape index (κ3) is 4.31. The standard InChI is InChI=1S/C21H18FNO2/c22-19-10-5-15(6-11-19)7-12-21(25)23-20(14-24)18-9-8-16-3-1-2-4-17(16)13-18/h1-13,20,24H,14H2,(H,23,25)/b12-7+/t20-/m0/s1. The van der Waals surface area contributed by atoms with Gasteiger partial charge in [-0.2, -0.15) is 0 Å². The minimum atomic E-state index is -0.491. The van der Waals surface area contributed by atoms with Crippen molar-refractivity contribution in [2.45, 2.75) is 6.04 Å². The molecule has 0 aliphatic rings. The lowest BCUT2D eigenvalue weighted by atomic mass is 10.0. The van der Waals surface area contributed by atoms with Crippen molar-refractivity contribution in [2.24, 2.45) is 0 Å². The molecule has 3 nitrogen and oxygen atoms in total. The van der Waals surface area contributed by atoms with E-state index in [1.807, 2.05) is 42.5 Å². The van der Waals surface area contributed by atoms with Gasteiger partial charge in [0.1, 0.15) is 5.82 Å². The molecule has 126 valence electrons. The zero-order valence-corrected chi connectivity index (χ0v) is 13.5. The van der Waals surface area contributed by atoms with Crippen LogP contribution < -0.4 is 5.32 Å². The number of carbonyl (C=O) groups is 1. The number of rotatable bonds is 5. The van der Waals surface area contributed by atoms with E-state index in [1.165, 1.54) is 18.2 Å². The molecule has 0 aliphatic heterocycles. The van der Waals surface area contributed by atoms with Crippen molar-refractivity contribution in [3.63, 3.8) is 0 Å². The number of hydrogen-bond donors (Lipinski definition) is 2. The largest absolute Gasteiger partial charge is 0.394 e. The van der Waals surface area contributed by atoms with Crippen molar-refractivity contribution in [3.8, 4) is 0 Å². The third-order valence-electron chi connectivity index (χ3n) is 3.97. The second-order valence-corrected chi connectivity index (χ2v) is 5.74. The first kappa shape index (κ1) is 16.9. The van der Waals surface area contributed by atoms with Crippen molar-refractivity contribution in [3.05, 3.63) is 89.8 Å². The molecule has 1 atom stereocenters. The summed E-state index contributed by atoms with van der Waals surface area (Å²) in [6.45, 7) is -0.200. The normalized spacial score (nSPS) is 12.4. The molecule has 3 aromatic rings. The highest BCUT2D eigenvalue weighted by Gasteiger charge is 2.12. The van der Waals surface area contributed by atoms with E-state index in [9.17, 15) is 14.3 Å². The van der Waals surface area contributed by atoms with Crippen LogP contribution >= 0.6 is 0 Å². The first-order valence-corrected chi connectivity index (χ1v) is 7.99. The number of nitrogens with one attached hydrogen (secondary N) is 1. The maximum atomic E-state index is 12.9. The van der Waals surface area contributed by atoms with Gasteiger partial charge in [-0.1, -0.05) is 48.5 Å². The van der Waals surface area contributed by atoms with Crippen molar-refractivity contribution in [2.75, 3.05) is 6.61 Å². The van der Waals surface area contributed by atoms with E-state index in [4.69, 9.17) is 0 Å². The first-order valence-electron chi connectivity index (χ1n) is 7.99. The van der Waals surface area contributed by atoms with Gasteiger partial charge in [-0.15, -0.1) is 0 Å². The van der Waals surface area contributed by atoms with Gasteiger partial charge in [0.25, 0.3) is 0 Å². The Bertz CT molecular complexity index is 903. The van der Waals surface area contributed by atoms with Crippen LogP contribution in [0.4, 0.5) is 4.39 Å². The minimum absolute atomic E-state index is 0.200. The first-order chi connectivity index (χ1) is 12.2. The summed E-state index contributed by atoms with van der Waals surface area (Å²) in [5, 5.41) is 14.6. The summed E-state index contributed by atoms with van der Waals surface area (Å²) in [7, 11) is 0. The van der Waals surface area contributed by atoms with Crippen LogP contribution in [0.25, 0.3) is 16.8 Å². The molecular formula is C21H18FNO2. The molecule has 3 rings (SSSR count). The lowest BCUT2D eigenvalue weighted by Crippen LogP contribution is -2.29. The van der Waals surface area contributed by atoms with Crippen LogP contribution in [0.2, 0.25) is 0 Å². The SMILES string of the molecule is O=C(/C=C/c1ccc(F)cc1)N[C@@H](CO)c1ccc2ccccc2c1.